The minimum Gasteiger partial charge on any atom is -0.481 e. The number of amides is 1. The van der Waals surface area contributed by atoms with Crippen LogP contribution in [0.2, 0.25) is 0 Å². The number of benzene rings is 1. The molecular formula is C16H17NO4. The van der Waals surface area contributed by atoms with E-state index in [9.17, 15) is 14.7 Å². The second-order valence-corrected chi connectivity index (χ2v) is 5.77. The van der Waals surface area contributed by atoms with Crippen LogP contribution in [0, 0.1) is 18.8 Å². The van der Waals surface area contributed by atoms with Crippen molar-refractivity contribution in [3.8, 4) is 0 Å². The maximum atomic E-state index is 12.6. The fourth-order valence-electron chi connectivity index (χ4n) is 3.20. The number of aliphatic carboxylic acids is 1. The molecule has 5 heteroatoms. The lowest BCUT2D eigenvalue weighted by Crippen LogP contribution is -2.44. The number of fused-ring (bicyclic) bond motifs is 2. The normalized spacial score (nSPS) is 33.1. The van der Waals surface area contributed by atoms with E-state index in [2.05, 4.69) is 5.32 Å². The van der Waals surface area contributed by atoms with Crippen molar-refractivity contribution < 1.29 is 19.4 Å². The number of para-hydroxylation sites is 1. The van der Waals surface area contributed by atoms with Gasteiger partial charge in [-0.1, -0.05) is 30.4 Å². The highest BCUT2D eigenvalue weighted by Gasteiger charge is 2.59. The van der Waals surface area contributed by atoms with Crippen LogP contribution in [0.15, 0.2) is 36.4 Å². The fourth-order valence-corrected chi connectivity index (χ4v) is 3.20. The Bertz CT molecular complexity index is 639. The van der Waals surface area contributed by atoms with Gasteiger partial charge in [-0.25, -0.2) is 0 Å². The van der Waals surface area contributed by atoms with Gasteiger partial charge in [-0.05, 0) is 25.5 Å². The predicted octanol–water partition coefficient (Wildman–Crippen LogP) is 1.98. The lowest BCUT2D eigenvalue weighted by molar-refractivity contribution is -0.146. The first kappa shape index (κ1) is 13.8. The molecule has 1 aromatic rings. The van der Waals surface area contributed by atoms with Crippen molar-refractivity contribution in [2.24, 2.45) is 11.8 Å². The zero-order valence-electron chi connectivity index (χ0n) is 11.9. The van der Waals surface area contributed by atoms with Crippen molar-refractivity contribution in [1.82, 2.24) is 0 Å². The third-order valence-corrected chi connectivity index (χ3v) is 4.31. The largest absolute Gasteiger partial charge is 0.481 e. The number of carbonyl (C=O) groups is 2. The molecule has 0 spiro atoms. The van der Waals surface area contributed by atoms with Crippen molar-refractivity contribution in [1.29, 1.82) is 0 Å². The number of carboxylic acids is 1. The smallest absolute Gasteiger partial charge is 0.310 e. The number of carboxylic acid groups (broad SMARTS) is 1. The standard InChI is InChI=1S/C16H17NO4/c1-9-5-3-4-6-10(9)17-14(18)13-12(15(19)20)11-7-8-16(13,2)21-11/h3-8,11-13H,1-2H3,(H,17,18)(H,19,20)/t11-,12-,13-,16-/m1/s1. The molecule has 2 N–H and O–H groups in total. The molecule has 0 saturated carbocycles. The van der Waals surface area contributed by atoms with Gasteiger partial charge in [-0.3, -0.25) is 9.59 Å². The molecule has 21 heavy (non-hydrogen) atoms. The van der Waals surface area contributed by atoms with Gasteiger partial charge in [0, 0.05) is 5.69 Å². The van der Waals surface area contributed by atoms with Crippen LogP contribution in [-0.2, 0) is 14.3 Å². The van der Waals surface area contributed by atoms with Gasteiger partial charge >= 0.3 is 5.97 Å². The number of hydrogen-bond acceptors (Lipinski definition) is 3. The van der Waals surface area contributed by atoms with Crippen LogP contribution in [-0.4, -0.2) is 28.7 Å². The molecule has 2 bridgehead atoms. The van der Waals surface area contributed by atoms with Crippen molar-refractivity contribution in [2.45, 2.75) is 25.6 Å². The van der Waals surface area contributed by atoms with Crippen molar-refractivity contribution in [2.75, 3.05) is 5.32 Å². The summed E-state index contributed by atoms with van der Waals surface area (Å²) in [5.74, 6) is -2.89. The fraction of sp³-hybridized carbons (Fsp3) is 0.375. The Morgan fingerprint density at radius 1 is 1.33 bits per heavy atom. The topological polar surface area (TPSA) is 75.6 Å². The van der Waals surface area contributed by atoms with Crippen LogP contribution in [0.1, 0.15) is 12.5 Å². The Balaban J connectivity index is 1.88. The van der Waals surface area contributed by atoms with Crippen molar-refractivity contribution >= 4 is 17.6 Å². The summed E-state index contributed by atoms with van der Waals surface area (Å²) >= 11 is 0. The molecule has 3 rings (SSSR count). The maximum Gasteiger partial charge on any atom is 0.310 e. The number of rotatable bonds is 3. The third-order valence-electron chi connectivity index (χ3n) is 4.31. The minimum atomic E-state index is -1.00. The highest BCUT2D eigenvalue weighted by molar-refractivity contribution is 5.97. The van der Waals surface area contributed by atoms with E-state index < -0.39 is 29.5 Å². The van der Waals surface area contributed by atoms with E-state index in [4.69, 9.17) is 4.74 Å². The Hall–Kier alpha value is -2.14. The summed E-state index contributed by atoms with van der Waals surface area (Å²) in [5.41, 5.74) is 0.782. The van der Waals surface area contributed by atoms with Gasteiger partial charge in [0.1, 0.15) is 5.92 Å². The van der Waals surface area contributed by atoms with Gasteiger partial charge in [0.2, 0.25) is 5.91 Å². The van der Waals surface area contributed by atoms with E-state index in [1.165, 1.54) is 0 Å². The monoisotopic (exact) mass is 287 g/mol. The molecule has 1 fully saturated rings. The Labute approximate surface area is 122 Å². The Kier molecular flexibility index (Phi) is 3.10. The lowest BCUT2D eigenvalue weighted by Gasteiger charge is -2.28. The summed E-state index contributed by atoms with van der Waals surface area (Å²) in [4.78, 5) is 24.1. The first-order valence-corrected chi connectivity index (χ1v) is 6.89. The molecule has 1 aromatic carbocycles. The molecule has 1 saturated heterocycles. The van der Waals surface area contributed by atoms with Crippen LogP contribution < -0.4 is 5.32 Å². The zero-order chi connectivity index (χ0) is 15.2. The average Bonchev–Trinajstić information content (AvgIpc) is 2.94. The van der Waals surface area contributed by atoms with Crippen LogP contribution in [0.3, 0.4) is 0 Å². The lowest BCUT2D eigenvalue weighted by atomic mass is 9.75. The first-order valence-electron chi connectivity index (χ1n) is 6.89. The van der Waals surface area contributed by atoms with E-state index in [-0.39, 0.29) is 5.91 Å². The molecule has 0 aromatic heterocycles. The Morgan fingerprint density at radius 3 is 2.71 bits per heavy atom. The molecule has 2 aliphatic rings. The summed E-state index contributed by atoms with van der Waals surface area (Å²) < 4.78 is 5.68. The molecular weight excluding hydrogens is 270 g/mol. The van der Waals surface area contributed by atoms with Crippen LogP contribution in [0.5, 0.6) is 0 Å². The molecule has 5 nitrogen and oxygen atoms in total. The molecule has 0 unspecified atom stereocenters. The molecule has 1 amide bonds. The van der Waals surface area contributed by atoms with Crippen LogP contribution in [0.25, 0.3) is 0 Å². The van der Waals surface area contributed by atoms with Gasteiger partial charge in [0.15, 0.2) is 0 Å². The first-order chi connectivity index (χ1) is 9.92. The van der Waals surface area contributed by atoms with Crippen LogP contribution in [0.4, 0.5) is 5.69 Å². The van der Waals surface area contributed by atoms with Crippen molar-refractivity contribution in [3.05, 3.63) is 42.0 Å². The predicted molar refractivity (Wildman–Crippen MR) is 76.8 cm³/mol. The highest BCUT2D eigenvalue weighted by Crippen LogP contribution is 2.47. The molecule has 4 atom stereocenters. The average molecular weight is 287 g/mol. The SMILES string of the molecule is Cc1ccccc1NC(=O)[C@H]1[C@H](C(=O)O)[C@H]2C=C[C@@]1(C)O2. The number of hydrogen-bond donors (Lipinski definition) is 2. The highest BCUT2D eigenvalue weighted by atomic mass is 16.5. The van der Waals surface area contributed by atoms with Crippen molar-refractivity contribution in [3.63, 3.8) is 0 Å². The van der Waals surface area contributed by atoms with E-state index >= 15 is 0 Å². The van der Waals surface area contributed by atoms with E-state index in [0.717, 1.165) is 5.56 Å². The number of ether oxygens (including phenoxy) is 1. The number of carbonyl (C=O) groups excluding carboxylic acids is 1. The molecule has 2 heterocycles. The quantitative estimate of drug-likeness (QED) is 0.833. The van der Waals surface area contributed by atoms with E-state index in [1.807, 2.05) is 25.1 Å². The maximum absolute atomic E-state index is 12.6. The van der Waals surface area contributed by atoms with Crippen LogP contribution >= 0.6 is 0 Å². The van der Waals surface area contributed by atoms with E-state index in [1.54, 1.807) is 25.1 Å². The number of nitrogens with one attached hydrogen (secondary N) is 1. The van der Waals surface area contributed by atoms with E-state index in [0.29, 0.717) is 5.69 Å². The Morgan fingerprint density at radius 2 is 2.05 bits per heavy atom. The number of anilines is 1. The number of aryl methyl sites for hydroxylation is 1. The van der Waals surface area contributed by atoms with Gasteiger partial charge < -0.3 is 15.2 Å². The molecule has 110 valence electrons. The molecule has 2 aliphatic heterocycles. The molecule has 0 aliphatic carbocycles. The summed E-state index contributed by atoms with van der Waals surface area (Å²) in [6.07, 6.45) is 3.00. The summed E-state index contributed by atoms with van der Waals surface area (Å²) in [7, 11) is 0. The summed E-state index contributed by atoms with van der Waals surface area (Å²) in [6, 6.07) is 7.41. The minimum absolute atomic E-state index is 0.314. The summed E-state index contributed by atoms with van der Waals surface area (Å²) in [6.45, 7) is 3.65. The van der Waals surface area contributed by atoms with Gasteiger partial charge in [-0.2, -0.15) is 0 Å². The summed E-state index contributed by atoms with van der Waals surface area (Å²) in [5, 5.41) is 12.2. The van der Waals surface area contributed by atoms with Gasteiger partial charge in [0.05, 0.1) is 17.6 Å². The zero-order valence-corrected chi connectivity index (χ0v) is 11.9. The second-order valence-electron chi connectivity index (χ2n) is 5.77. The second kappa shape index (κ2) is 4.70. The molecule has 0 radical (unpaired) electrons. The third kappa shape index (κ3) is 2.14. The van der Waals surface area contributed by atoms with Gasteiger partial charge in [0.25, 0.3) is 0 Å². The van der Waals surface area contributed by atoms with Gasteiger partial charge in [-0.15, -0.1) is 0 Å².